The molecular weight excluding hydrogens is 5690 g/mol. The van der Waals surface area contributed by atoms with Gasteiger partial charge in [0.25, 0.3) is 0 Å². The molecule has 0 aromatic carbocycles. The van der Waals surface area contributed by atoms with Crippen molar-refractivity contribution in [2.45, 2.75) is 0 Å². The summed E-state index contributed by atoms with van der Waals surface area (Å²) < 4.78 is 0. The van der Waals surface area contributed by atoms with E-state index in [9.17, 15) is 0 Å². The Kier molecular flexibility index (Phi) is 16700. The average Bonchev–Trinajstić information content (AvgIpc) is 0. The van der Waals surface area contributed by atoms with Crippen LogP contribution in [-0.4, -0.2) is 0 Å². The molecule has 0 rings (SSSR count). The van der Waals surface area contributed by atoms with Crippen molar-refractivity contribution in [3.8, 4) is 0 Å². The Hall–Kier alpha value is 51.0. The van der Waals surface area contributed by atoms with E-state index in [1.54, 1.807) is 0 Å². The minimum atomic E-state index is 0. The fourth-order valence-electron chi connectivity index (χ4n) is 0. The van der Waals surface area contributed by atoms with Crippen LogP contribution in [0.3, 0.4) is 0 Å². The van der Waals surface area contributed by atoms with Gasteiger partial charge in [-0.3, -0.25) is 0 Å². The molecule has 0 spiro atoms. The molecule has 0 fully saturated rings. The van der Waals surface area contributed by atoms with E-state index < -0.39 is 0 Å². The van der Waals surface area contributed by atoms with Crippen molar-refractivity contribution in [1.29, 1.82) is 0 Å². The van der Waals surface area contributed by atoms with Crippen molar-refractivity contribution in [2.75, 3.05) is 0 Å². The van der Waals surface area contributed by atoms with Crippen LogP contribution in [-0.2, 0) is 1690 Å². The van der Waals surface area contributed by atoms with Gasteiger partial charge in [-0.15, -0.1) is 0 Å². The minimum absolute atomic E-state index is 0. The predicted octanol–water partition coefficient (Wildman–Crippen LogP) is -0.250. The summed E-state index contributed by atoms with van der Waals surface area (Å²) in [4.78, 5) is 0. The number of hydrogen-bond acceptors (Lipinski definition) is 0. The van der Waals surface area contributed by atoms with Gasteiger partial charge >= 0.3 is 0 Å². The van der Waals surface area contributed by atoms with E-state index in [0.717, 1.165) is 0 Å². The van der Waals surface area contributed by atoms with E-state index in [1.807, 2.05) is 0 Å². The zero-order valence-electron chi connectivity index (χ0n) is 34.0. The third-order valence-electron chi connectivity index (χ3n) is 0. The summed E-state index contributed by atoms with van der Waals surface area (Å²) in [5.41, 5.74) is 0. The Balaban J connectivity index is 0. The van der Waals surface area contributed by atoms with Gasteiger partial charge in [0.15, 0.2) is 0 Å². The van der Waals surface area contributed by atoms with Crippen LogP contribution >= 0.6 is 0 Å². The molecule has 0 N–H and O–H groups in total. The summed E-state index contributed by atoms with van der Waals surface area (Å²) in [6.07, 6.45) is 0. The van der Waals surface area contributed by atoms with Crippen LogP contribution in [0.2, 0.25) is 0 Å². The largest absolute Gasteiger partial charge is 0 e. The fourth-order valence-corrected chi connectivity index (χ4v) is 0. The van der Waals surface area contributed by atoms with E-state index in [-0.39, 0.29) is 1690 Å². The second-order valence-corrected chi connectivity index (χ2v) is 0. The molecule has 0 nitrogen and oxygen atoms in total. The second kappa shape index (κ2) is 1280. The molecule has 0 bridgehead atoms. The van der Waals surface area contributed by atoms with Gasteiger partial charge < -0.3 is 0 Å². The molecule has 0 aromatic heterocycles. The van der Waals surface area contributed by atoms with E-state index >= 15 is 0 Å². The van der Waals surface area contributed by atoms with Crippen molar-refractivity contribution in [3.05, 3.63) is 0 Å². The first-order valence-corrected chi connectivity index (χ1v) is 0. The van der Waals surface area contributed by atoms with Crippen LogP contribution in [0.1, 0.15) is 0 Å². The molecule has 0 radical (unpaired) electrons. The van der Waals surface area contributed by atoms with Gasteiger partial charge in [-0.25, -0.2) is 0 Å². The smallest absolute Gasteiger partial charge is 0 e. The molecule has 0 aliphatic carbocycles. The minimum Gasteiger partial charge on any atom is 0 e. The molecule has 872 valence electrons. The summed E-state index contributed by atoms with van der Waals surface area (Å²) in [5, 5.41) is 0. The van der Waals surface area contributed by atoms with Gasteiger partial charge in [0.1, 0.15) is 0 Å². The maximum atomic E-state index is 0. The summed E-state index contributed by atoms with van der Waals surface area (Å²) >= 11 is 0. The van der Waals surface area contributed by atoms with Crippen LogP contribution in [0.5, 0.6) is 0 Å². The standard InChI is InChI=1S/64Fe.36Ni. The summed E-state index contributed by atoms with van der Waals surface area (Å²) in [6, 6.07) is 0. The quantitative estimate of drug-likeness (QED) is 0.295. The molecule has 0 heterocycles. The molecule has 0 saturated carbocycles. The summed E-state index contributed by atoms with van der Waals surface area (Å²) in [5.74, 6) is 0. The van der Waals surface area contributed by atoms with Crippen LogP contribution in [0, 0.1) is 0 Å². The van der Waals surface area contributed by atoms with E-state index in [1.165, 1.54) is 0 Å². The maximum absolute atomic E-state index is 0. The van der Waals surface area contributed by atoms with Crippen LogP contribution < -0.4 is 0 Å². The molecule has 0 aliphatic heterocycles. The van der Waals surface area contributed by atoms with E-state index in [2.05, 4.69) is 0 Å². The summed E-state index contributed by atoms with van der Waals surface area (Å²) in [7, 11) is 0. The zero-order chi connectivity index (χ0) is 0. The van der Waals surface area contributed by atoms with E-state index in [0.29, 0.717) is 0 Å². The number of rotatable bonds is 0. The van der Waals surface area contributed by atoms with Gasteiger partial charge in [-0.1, -0.05) is 0 Å². The molecule has 0 unspecified atom stereocenters. The predicted molar refractivity (Wildman–Crippen MR) is 0 cm³/mol. The van der Waals surface area contributed by atoms with Crippen molar-refractivity contribution in [1.82, 2.24) is 0 Å². The number of hydrogen-bond donors (Lipinski definition) is 0. The van der Waals surface area contributed by atoms with Crippen LogP contribution in [0.15, 0.2) is 0 Å². The van der Waals surface area contributed by atoms with Crippen molar-refractivity contribution in [3.63, 3.8) is 0 Å². The molecule has 100 heteroatoms. The molecule has 0 aromatic rings. The third kappa shape index (κ3) is 1250. The van der Waals surface area contributed by atoms with Crippen LogP contribution in [0.25, 0.3) is 0 Å². The Morgan fingerprint density at radius 1 is 0.0200 bits per heavy atom. The van der Waals surface area contributed by atoms with Crippen LogP contribution in [0.4, 0.5) is 0 Å². The topological polar surface area (TPSA) is 0 Å². The van der Waals surface area contributed by atoms with Crippen molar-refractivity contribution >= 4 is 0 Å². The zero-order valence-corrected chi connectivity index (χ0v) is 140. The first-order valence-electron chi connectivity index (χ1n) is 0. The van der Waals surface area contributed by atoms with Gasteiger partial charge in [0.2, 0.25) is 0 Å². The average molecular weight is 5690 g/mol. The normalized spacial score (nSPS) is 0. The maximum Gasteiger partial charge on any atom is 0 e. The Morgan fingerprint density at radius 3 is 0.0200 bits per heavy atom. The molecule has 0 saturated heterocycles. The summed E-state index contributed by atoms with van der Waals surface area (Å²) in [6.45, 7) is 0. The first kappa shape index (κ1) is 1310. The molecule has 100 heavy (non-hydrogen) atoms. The van der Waals surface area contributed by atoms with Gasteiger partial charge in [0, 0.05) is 1690 Å². The molecule has 0 amide bonds. The molecule has 0 atom stereocenters. The second-order valence-electron chi connectivity index (χ2n) is 0. The van der Waals surface area contributed by atoms with Gasteiger partial charge in [-0.05, 0) is 0 Å². The SMILES string of the molecule is [Fe].[Fe].[Fe].[Fe].[Fe].[Fe].[Fe].[Fe].[Fe].[Fe].[Fe].[Fe].[Fe].[Fe].[Fe].[Fe].[Fe].[Fe].[Fe].[Fe].[Fe].[Fe].[Fe].[Fe].[Fe].[Fe].[Fe].[Fe].[Fe].[Fe].[Fe].[Fe].[Fe].[Fe].[Fe].[Fe].[Fe].[Fe].[Fe].[Fe].[Fe].[Fe].[Fe].[Fe].[Fe].[Fe].[Fe].[Fe].[Fe].[Fe].[Fe].[Fe].[Fe].[Fe].[Fe].[Fe].[Fe].[Fe].[Fe].[Fe].[Fe].[Fe].[Fe].[Fe].[Ni].[Ni].[Ni].[Ni].[Ni].[Ni].[Ni].[Ni].[Ni].[Ni].[Ni].[Ni].[Ni].[Ni].[Ni].[Ni].[Ni].[Ni].[Ni].[Ni].[Ni].[Ni].[Ni].[Ni].[Ni].[Ni].[Ni].[Ni].[Ni].[Ni].[Ni].[Ni].[Ni].[Ni].[Ni].[Ni]. The van der Waals surface area contributed by atoms with Crippen molar-refractivity contribution in [2.24, 2.45) is 0 Å². The van der Waals surface area contributed by atoms with Gasteiger partial charge in [-0.2, -0.15) is 0 Å². The van der Waals surface area contributed by atoms with E-state index in [4.69, 9.17) is 0 Å². The Morgan fingerprint density at radius 2 is 0.0200 bits per heavy atom. The van der Waals surface area contributed by atoms with Gasteiger partial charge in [0.05, 0.1) is 0 Å². The fraction of sp³-hybridized carbons (Fsp3) is 0. The Labute approximate surface area is 1640 Å². The first-order chi connectivity index (χ1) is 0. The third-order valence-corrected chi connectivity index (χ3v) is 0. The monoisotopic (exact) mass is 5670 g/mol. The molecule has 0 aliphatic rings. The molecular formula is Fe64Ni36. The van der Waals surface area contributed by atoms with Crippen molar-refractivity contribution < 1.29 is 1690 Å². The Bertz CT molecular complexity index is 94.3.